The normalized spacial score (nSPS) is 20.6. The summed E-state index contributed by atoms with van der Waals surface area (Å²) in [5.41, 5.74) is 3.83. The lowest BCUT2D eigenvalue weighted by Crippen LogP contribution is -2.23. The summed E-state index contributed by atoms with van der Waals surface area (Å²) in [5.74, 6) is 0. The standard InChI is InChI=1S/C18H19BrO/c19-18(17-8-4-5-13-20-17)16-11-9-15(10-12-16)14-6-2-1-3-7-14/h1-3,6-7,9-12,17-18H,4-5,8,13H2. The van der Waals surface area contributed by atoms with Gasteiger partial charge in [0.05, 0.1) is 10.9 Å². The summed E-state index contributed by atoms with van der Waals surface area (Å²) in [7, 11) is 0. The lowest BCUT2D eigenvalue weighted by Gasteiger charge is -2.27. The zero-order chi connectivity index (χ0) is 13.8. The van der Waals surface area contributed by atoms with Gasteiger partial charge in [0, 0.05) is 6.61 Å². The third kappa shape index (κ3) is 3.13. The maximum Gasteiger partial charge on any atom is 0.0740 e. The van der Waals surface area contributed by atoms with Crippen LogP contribution in [0, 0.1) is 0 Å². The van der Waals surface area contributed by atoms with Crippen molar-refractivity contribution >= 4 is 15.9 Å². The van der Waals surface area contributed by atoms with Crippen LogP contribution in [-0.2, 0) is 4.74 Å². The minimum Gasteiger partial charge on any atom is -0.377 e. The summed E-state index contributed by atoms with van der Waals surface area (Å²) in [6.07, 6.45) is 3.93. The Labute approximate surface area is 129 Å². The fraction of sp³-hybridized carbons (Fsp3) is 0.333. The van der Waals surface area contributed by atoms with Gasteiger partial charge in [0.25, 0.3) is 0 Å². The van der Waals surface area contributed by atoms with Crippen molar-refractivity contribution in [3.8, 4) is 11.1 Å². The quantitative estimate of drug-likeness (QED) is 0.688. The van der Waals surface area contributed by atoms with Crippen molar-refractivity contribution in [1.82, 2.24) is 0 Å². The first-order valence-corrected chi connectivity index (χ1v) is 8.17. The summed E-state index contributed by atoms with van der Waals surface area (Å²) in [5, 5.41) is 0. The number of alkyl halides is 1. The van der Waals surface area contributed by atoms with Crippen molar-refractivity contribution in [1.29, 1.82) is 0 Å². The van der Waals surface area contributed by atoms with Crippen molar-refractivity contribution in [2.45, 2.75) is 30.2 Å². The molecule has 1 heterocycles. The maximum atomic E-state index is 5.86. The van der Waals surface area contributed by atoms with Gasteiger partial charge in [0.1, 0.15) is 0 Å². The number of ether oxygens (including phenoxy) is 1. The van der Waals surface area contributed by atoms with Crippen molar-refractivity contribution in [3.63, 3.8) is 0 Å². The van der Waals surface area contributed by atoms with Gasteiger partial charge in [-0.1, -0.05) is 70.5 Å². The first kappa shape index (κ1) is 13.8. The molecule has 1 aliphatic heterocycles. The van der Waals surface area contributed by atoms with Crippen LogP contribution in [0.25, 0.3) is 11.1 Å². The van der Waals surface area contributed by atoms with E-state index >= 15 is 0 Å². The molecule has 104 valence electrons. The van der Waals surface area contributed by atoms with Crippen LogP contribution in [0.15, 0.2) is 54.6 Å². The summed E-state index contributed by atoms with van der Waals surface area (Å²) in [6.45, 7) is 0.898. The second-order valence-corrected chi connectivity index (χ2v) is 6.28. The molecule has 2 heteroatoms. The molecule has 0 spiro atoms. The van der Waals surface area contributed by atoms with Crippen LogP contribution < -0.4 is 0 Å². The van der Waals surface area contributed by atoms with Crippen molar-refractivity contribution < 1.29 is 4.74 Å². The number of hydrogen-bond acceptors (Lipinski definition) is 1. The Morgan fingerprint density at radius 2 is 1.60 bits per heavy atom. The zero-order valence-electron chi connectivity index (χ0n) is 11.5. The van der Waals surface area contributed by atoms with Crippen molar-refractivity contribution in [2.24, 2.45) is 0 Å². The van der Waals surface area contributed by atoms with Gasteiger partial charge in [-0.25, -0.2) is 0 Å². The highest BCUT2D eigenvalue weighted by Gasteiger charge is 2.23. The lowest BCUT2D eigenvalue weighted by molar-refractivity contribution is 0.0160. The first-order chi connectivity index (χ1) is 9.84. The number of halogens is 1. The van der Waals surface area contributed by atoms with E-state index in [9.17, 15) is 0 Å². The van der Waals surface area contributed by atoms with Gasteiger partial charge in [-0.3, -0.25) is 0 Å². The highest BCUT2D eigenvalue weighted by atomic mass is 79.9. The second kappa shape index (κ2) is 6.55. The zero-order valence-corrected chi connectivity index (χ0v) is 13.1. The monoisotopic (exact) mass is 330 g/mol. The van der Waals surface area contributed by atoms with E-state index in [1.807, 2.05) is 6.07 Å². The number of benzene rings is 2. The van der Waals surface area contributed by atoms with Gasteiger partial charge in [-0.15, -0.1) is 0 Å². The summed E-state index contributed by atoms with van der Waals surface area (Å²) >= 11 is 3.80. The fourth-order valence-corrected chi connectivity index (χ4v) is 3.42. The predicted octanol–water partition coefficient (Wildman–Crippen LogP) is 5.36. The first-order valence-electron chi connectivity index (χ1n) is 7.25. The van der Waals surface area contributed by atoms with E-state index in [1.165, 1.54) is 29.5 Å². The van der Waals surface area contributed by atoms with E-state index in [2.05, 4.69) is 64.5 Å². The van der Waals surface area contributed by atoms with E-state index in [-0.39, 0.29) is 0 Å². The lowest BCUT2D eigenvalue weighted by atomic mass is 9.98. The van der Waals surface area contributed by atoms with E-state index < -0.39 is 0 Å². The SMILES string of the molecule is BrC(c1ccc(-c2ccccc2)cc1)C1CCCCO1. The van der Waals surface area contributed by atoms with Crippen LogP contribution in [0.2, 0.25) is 0 Å². The molecule has 0 aromatic heterocycles. The van der Waals surface area contributed by atoms with E-state index in [1.54, 1.807) is 0 Å². The molecule has 0 radical (unpaired) electrons. The molecule has 1 fully saturated rings. The highest BCUT2D eigenvalue weighted by molar-refractivity contribution is 9.09. The van der Waals surface area contributed by atoms with Gasteiger partial charge >= 0.3 is 0 Å². The molecule has 0 aliphatic carbocycles. The van der Waals surface area contributed by atoms with Gasteiger partial charge in [-0.2, -0.15) is 0 Å². The van der Waals surface area contributed by atoms with Gasteiger partial charge in [-0.05, 0) is 36.0 Å². The van der Waals surface area contributed by atoms with E-state index in [0.29, 0.717) is 10.9 Å². The molecule has 1 saturated heterocycles. The summed E-state index contributed by atoms with van der Waals surface area (Å²) in [4.78, 5) is 0.299. The largest absolute Gasteiger partial charge is 0.377 e. The van der Waals surface area contributed by atoms with Gasteiger partial charge in [0.15, 0.2) is 0 Å². The summed E-state index contributed by atoms with van der Waals surface area (Å²) in [6, 6.07) is 19.3. The number of rotatable bonds is 3. The molecule has 1 nitrogen and oxygen atoms in total. The van der Waals surface area contributed by atoms with Crippen LogP contribution >= 0.6 is 15.9 Å². The molecule has 3 rings (SSSR count). The molecule has 0 amide bonds. The van der Waals surface area contributed by atoms with Gasteiger partial charge < -0.3 is 4.74 Å². The highest BCUT2D eigenvalue weighted by Crippen LogP contribution is 2.34. The van der Waals surface area contributed by atoms with Crippen LogP contribution in [-0.4, -0.2) is 12.7 Å². The minimum absolute atomic E-state index is 0.299. The molecule has 2 aromatic carbocycles. The second-order valence-electron chi connectivity index (χ2n) is 5.29. The molecule has 0 saturated carbocycles. The third-order valence-corrected chi connectivity index (χ3v) is 5.00. The Hall–Kier alpha value is -1.12. The van der Waals surface area contributed by atoms with E-state index in [0.717, 1.165) is 13.0 Å². The van der Waals surface area contributed by atoms with Crippen molar-refractivity contribution in [3.05, 3.63) is 60.2 Å². The van der Waals surface area contributed by atoms with Crippen LogP contribution in [0.1, 0.15) is 29.7 Å². The molecule has 2 unspecified atom stereocenters. The minimum atomic E-state index is 0.299. The molecule has 0 N–H and O–H groups in total. The Morgan fingerprint density at radius 3 is 2.25 bits per heavy atom. The smallest absolute Gasteiger partial charge is 0.0740 e. The van der Waals surface area contributed by atoms with Crippen LogP contribution in [0.3, 0.4) is 0 Å². The molecule has 2 atom stereocenters. The van der Waals surface area contributed by atoms with E-state index in [4.69, 9.17) is 4.74 Å². The molecular weight excluding hydrogens is 312 g/mol. The topological polar surface area (TPSA) is 9.23 Å². The molecule has 1 aliphatic rings. The fourth-order valence-electron chi connectivity index (χ4n) is 2.70. The van der Waals surface area contributed by atoms with Crippen molar-refractivity contribution in [2.75, 3.05) is 6.61 Å². The molecular formula is C18H19BrO. The Balaban J connectivity index is 1.75. The molecule has 20 heavy (non-hydrogen) atoms. The average Bonchev–Trinajstić information content (AvgIpc) is 2.56. The number of hydrogen-bond donors (Lipinski definition) is 0. The van der Waals surface area contributed by atoms with Crippen LogP contribution in [0.4, 0.5) is 0 Å². The molecule has 2 aromatic rings. The average molecular weight is 331 g/mol. The third-order valence-electron chi connectivity index (χ3n) is 3.88. The predicted molar refractivity (Wildman–Crippen MR) is 87.1 cm³/mol. The Kier molecular flexibility index (Phi) is 4.54. The van der Waals surface area contributed by atoms with Crippen LogP contribution in [0.5, 0.6) is 0 Å². The Bertz CT molecular complexity index is 529. The maximum absolute atomic E-state index is 5.86. The Morgan fingerprint density at radius 1 is 0.900 bits per heavy atom. The summed E-state index contributed by atoms with van der Waals surface area (Å²) < 4.78 is 5.86. The molecule has 0 bridgehead atoms. The van der Waals surface area contributed by atoms with Gasteiger partial charge in [0.2, 0.25) is 0 Å².